The average molecular weight is 252 g/mol. The highest BCUT2D eigenvalue weighted by atomic mass is 16.5. The Morgan fingerprint density at radius 3 is 2.39 bits per heavy atom. The largest absolute Gasteiger partial charge is 0.497 e. The molecular formula is C14H24N2O2. The third-order valence-electron chi connectivity index (χ3n) is 3.16. The van der Waals surface area contributed by atoms with Crippen molar-refractivity contribution in [2.45, 2.75) is 25.5 Å². The monoisotopic (exact) mass is 252 g/mol. The summed E-state index contributed by atoms with van der Waals surface area (Å²) in [5.41, 5.74) is 7.02. The quantitative estimate of drug-likeness (QED) is 0.770. The number of methoxy groups -OCH3 is 1. The Morgan fingerprint density at radius 2 is 1.94 bits per heavy atom. The number of hydrogen-bond donors (Lipinski definition) is 2. The summed E-state index contributed by atoms with van der Waals surface area (Å²) in [5.74, 6) is 0.848. The number of ether oxygens (including phenoxy) is 1. The van der Waals surface area contributed by atoms with E-state index in [0.29, 0.717) is 6.54 Å². The molecule has 0 saturated carbocycles. The van der Waals surface area contributed by atoms with Crippen LogP contribution >= 0.6 is 0 Å². The Bertz CT molecular complexity index is 338. The summed E-state index contributed by atoms with van der Waals surface area (Å²) >= 11 is 0. The van der Waals surface area contributed by atoms with Crippen molar-refractivity contribution >= 4 is 0 Å². The van der Waals surface area contributed by atoms with Crippen molar-refractivity contribution in [1.29, 1.82) is 0 Å². The zero-order valence-electron chi connectivity index (χ0n) is 11.5. The first-order valence-electron chi connectivity index (χ1n) is 6.30. The second kappa shape index (κ2) is 7.36. The van der Waals surface area contributed by atoms with Crippen LogP contribution in [0.15, 0.2) is 24.3 Å². The van der Waals surface area contributed by atoms with E-state index in [2.05, 4.69) is 4.90 Å². The number of aliphatic hydroxyl groups is 1. The van der Waals surface area contributed by atoms with Crippen molar-refractivity contribution in [3.8, 4) is 5.75 Å². The molecule has 0 amide bonds. The van der Waals surface area contributed by atoms with Crippen molar-refractivity contribution in [1.82, 2.24) is 4.90 Å². The minimum absolute atomic E-state index is 0.176. The van der Waals surface area contributed by atoms with Gasteiger partial charge in [0.05, 0.1) is 13.2 Å². The lowest BCUT2D eigenvalue weighted by molar-refractivity contribution is 0.150. The van der Waals surface area contributed by atoms with Crippen LogP contribution in [0.3, 0.4) is 0 Å². The van der Waals surface area contributed by atoms with Gasteiger partial charge >= 0.3 is 0 Å². The topological polar surface area (TPSA) is 58.7 Å². The summed E-state index contributed by atoms with van der Waals surface area (Å²) in [6.45, 7) is 3.19. The Kier molecular flexibility index (Phi) is 6.12. The maximum Gasteiger partial charge on any atom is 0.118 e. The minimum atomic E-state index is -0.276. The molecule has 18 heavy (non-hydrogen) atoms. The van der Waals surface area contributed by atoms with Crippen LogP contribution in [0.5, 0.6) is 5.75 Å². The second-order valence-electron chi connectivity index (χ2n) is 4.64. The number of hydrogen-bond acceptors (Lipinski definition) is 4. The predicted molar refractivity (Wildman–Crippen MR) is 73.7 cm³/mol. The first-order valence-corrected chi connectivity index (χ1v) is 6.30. The molecule has 1 aromatic carbocycles. The molecule has 0 radical (unpaired) electrons. The van der Waals surface area contributed by atoms with Crippen LogP contribution < -0.4 is 10.5 Å². The van der Waals surface area contributed by atoms with Gasteiger partial charge in [0.15, 0.2) is 0 Å². The van der Waals surface area contributed by atoms with Crippen LogP contribution in [0.1, 0.15) is 24.9 Å². The van der Waals surface area contributed by atoms with Crippen LogP contribution in [0.4, 0.5) is 0 Å². The third-order valence-corrected chi connectivity index (χ3v) is 3.16. The normalized spacial score (nSPS) is 14.6. The third kappa shape index (κ3) is 4.29. The first kappa shape index (κ1) is 15.0. The lowest BCUT2D eigenvalue weighted by atomic mass is 10.1. The molecule has 1 rings (SSSR count). The summed E-state index contributed by atoms with van der Waals surface area (Å²) in [6, 6.07) is 8.14. The molecule has 2 unspecified atom stereocenters. The van der Waals surface area contributed by atoms with Crippen LogP contribution in [0, 0.1) is 0 Å². The molecule has 0 heterocycles. The van der Waals surface area contributed by atoms with E-state index in [0.717, 1.165) is 18.7 Å². The zero-order chi connectivity index (χ0) is 13.5. The van der Waals surface area contributed by atoms with Crippen molar-refractivity contribution in [3.05, 3.63) is 29.8 Å². The van der Waals surface area contributed by atoms with E-state index >= 15 is 0 Å². The van der Waals surface area contributed by atoms with Crippen molar-refractivity contribution < 1.29 is 9.84 Å². The Balaban J connectivity index is 2.68. The average Bonchev–Trinajstić information content (AvgIpc) is 2.38. The number of likely N-dealkylation sites (N-methyl/N-ethyl adjacent to an activating group) is 1. The van der Waals surface area contributed by atoms with E-state index in [1.54, 1.807) is 14.0 Å². The van der Waals surface area contributed by atoms with Crippen LogP contribution in [-0.4, -0.2) is 43.4 Å². The van der Waals surface area contributed by atoms with Gasteiger partial charge < -0.3 is 15.6 Å². The number of nitrogens with two attached hydrogens (primary N) is 1. The molecule has 0 aliphatic heterocycles. The van der Waals surface area contributed by atoms with Gasteiger partial charge in [-0.05, 0) is 38.1 Å². The molecular weight excluding hydrogens is 228 g/mol. The van der Waals surface area contributed by atoms with E-state index in [4.69, 9.17) is 10.5 Å². The summed E-state index contributed by atoms with van der Waals surface area (Å²) in [5, 5.41) is 9.32. The Morgan fingerprint density at radius 1 is 1.33 bits per heavy atom. The van der Waals surface area contributed by atoms with Gasteiger partial charge in [0.25, 0.3) is 0 Å². The van der Waals surface area contributed by atoms with E-state index in [9.17, 15) is 5.11 Å². The molecule has 0 fully saturated rings. The predicted octanol–water partition coefficient (Wildman–Crippen LogP) is 1.40. The summed E-state index contributed by atoms with van der Waals surface area (Å²) in [6.07, 6.45) is 0.477. The van der Waals surface area contributed by atoms with Crippen LogP contribution in [0.2, 0.25) is 0 Å². The molecule has 0 saturated heterocycles. The Hall–Kier alpha value is -1.10. The number of aliphatic hydroxyl groups excluding tert-OH is 1. The number of nitrogens with zero attached hydrogens (tertiary/aromatic N) is 1. The first-order chi connectivity index (χ1) is 8.58. The fraction of sp³-hybridized carbons (Fsp3) is 0.571. The van der Waals surface area contributed by atoms with Gasteiger partial charge in [-0.2, -0.15) is 0 Å². The van der Waals surface area contributed by atoms with Gasteiger partial charge in [0.1, 0.15) is 5.75 Å². The lowest BCUT2D eigenvalue weighted by Crippen LogP contribution is -2.32. The maximum atomic E-state index is 9.32. The molecule has 4 nitrogen and oxygen atoms in total. The van der Waals surface area contributed by atoms with E-state index in [1.807, 2.05) is 31.3 Å². The van der Waals surface area contributed by atoms with Gasteiger partial charge in [-0.15, -0.1) is 0 Å². The highest BCUT2D eigenvalue weighted by molar-refractivity contribution is 5.29. The van der Waals surface area contributed by atoms with Crippen molar-refractivity contribution in [2.24, 2.45) is 5.73 Å². The highest BCUT2D eigenvalue weighted by Gasteiger charge is 2.15. The number of rotatable bonds is 7. The zero-order valence-corrected chi connectivity index (χ0v) is 11.5. The van der Waals surface area contributed by atoms with E-state index in [-0.39, 0.29) is 12.1 Å². The minimum Gasteiger partial charge on any atom is -0.497 e. The second-order valence-corrected chi connectivity index (χ2v) is 4.64. The van der Waals surface area contributed by atoms with Gasteiger partial charge in [-0.1, -0.05) is 12.1 Å². The summed E-state index contributed by atoms with van der Waals surface area (Å²) in [7, 11) is 3.69. The molecule has 2 atom stereocenters. The smallest absolute Gasteiger partial charge is 0.118 e. The fourth-order valence-corrected chi connectivity index (χ4v) is 1.94. The maximum absolute atomic E-state index is 9.32. The SMILES string of the molecule is COc1ccc(C(CN)N(C)CCC(C)O)cc1. The molecule has 0 bridgehead atoms. The van der Waals surface area contributed by atoms with Gasteiger partial charge in [-0.3, -0.25) is 4.90 Å². The lowest BCUT2D eigenvalue weighted by Gasteiger charge is -2.27. The molecule has 4 heteroatoms. The molecule has 3 N–H and O–H groups in total. The standard InChI is InChI=1S/C14H24N2O2/c1-11(17)8-9-16(2)14(10-15)12-4-6-13(18-3)7-5-12/h4-7,11,14,17H,8-10,15H2,1-3H3. The van der Waals surface area contributed by atoms with Crippen molar-refractivity contribution in [3.63, 3.8) is 0 Å². The molecule has 0 aliphatic rings. The van der Waals surface area contributed by atoms with E-state index in [1.165, 1.54) is 5.56 Å². The summed E-state index contributed by atoms with van der Waals surface area (Å²) < 4.78 is 5.14. The van der Waals surface area contributed by atoms with Crippen LogP contribution in [-0.2, 0) is 0 Å². The van der Waals surface area contributed by atoms with Crippen LogP contribution in [0.25, 0.3) is 0 Å². The molecule has 0 aliphatic carbocycles. The fourth-order valence-electron chi connectivity index (χ4n) is 1.94. The van der Waals surface area contributed by atoms with Gasteiger partial charge in [-0.25, -0.2) is 0 Å². The molecule has 0 spiro atoms. The van der Waals surface area contributed by atoms with Gasteiger partial charge in [0, 0.05) is 19.1 Å². The Labute approximate surface area is 109 Å². The highest BCUT2D eigenvalue weighted by Crippen LogP contribution is 2.21. The molecule has 102 valence electrons. The molecule has 0 aromatic heterocycles. The number of benzene rings is 1. The van der Waals surface area contributed by atoms with Crippen molar-refractivity contribution in [2.75, 3.05) is 27.2 Å². The van der Waals surface area contributed by atoms with Gasteiger partial charge in [0.2, 0.25) is 0 Å². The summed E-state index contributed by atoms with van der Waals surface area (Å²) in [4.78, 5) is 2.18. The molecule has 1 aromatic rings. The van der Waals surface area contributed by atoms with E-state index < -0.39 is 0 Å².